The number of aliphatic hydroxyl groups is 1. The van der Waals surface area contributed by atoms with Gasteiger partial charge in [0.2, 0.25) is 0 Å². The van der Waals surface area contributed by atoms with Gasteiger partial charge in [-0.3, -0.25) is 0 Å². The topological polar surface area (TPSA) is 20.2 Å². The summed E-state index contributed by atoms with van der Waals surface area (Å²) in [5, 5.41) is 10.2. The fourth-order valence-electron chi connectivity index (χ4n) is 3.66. The zero-order valence-corrected chi connectivity index (χ0v) is 12.2. The quantitative estimate of drug-likeness (QED) is 0.772. The summed E-state index contributed by atoms with van der Waals surface area (Å²) < 4.78 is 0. The van der Waals surface area contributed by atoms with Crippen molar-refractivity contribution in [3.05, 3.63) is 23.3 Å². The van der Waals surface area contributed by atoms with Crippen LogP contribution in [-0.4, -0.2) is 11.2 Å². The maximum absolute atomic E-state index is 10.2. The third-order valence-corrected chi connectivity index (χ3v) is 4.89. The summed E-state index contributed by atoms with van der Waals surface area (Å²) in [6, 6.07) is 0. The van der Waals surface area contributed by atoms with Crippen molar-refractivity contribution in [2.24, 2.45) is 11.3 Å². The summed E-state index contributed by atoms with van der Waals surface area (Å²) in [5.74, 6) is 0.508. The van der Waals surface area contributed by atoms with E-state index in [1.165, 1.54) is 56.1 Å². The first-order valence-electron chi connectivity index (χ1n) is 7.57. The molecule has 1 atom stereocenters. The fraction of sp³-hybridized carbons (Fsp3) is 0.765. The minimum atomic E-state index is -0.231. The van der Waals surface area contributed by atoms with Gasteiger partial charge in [-0.05, 0) is 55.9 Å². The molecule has 1 fully saturated rings. The first-order valence-corrected chi connectivity index (χ1v) is 7.57. The van der Waals surface area contributed by atoms with E-state index in [0.29, 0.717) is 5.92 Å². The zero-order valence-electron chi connectivity index (χ0n) is 12.2. The predicted octanol–water partition coefficient (Wildman–Crippen LogP) is 4.62. The normalized spacial score (nSPS) is 27.1. The molecule has 0 saturated heterocycles. The highest BCUT2D eigenvalue weighted by molar-refractivity contribution is 5.33. The molecule has 0 aromatic carbocycles. The lowest BCUT2D eigenvalue weighted by Crippen LogP contribution is -2.20. The van der Waals surface area contributed by atoms with E-state index in [-0.39, 0.29) is 11.5 Å². The highest BCUT2D eigenvalue weighted by Gasteiger charge is 2.27. The van der Waals surface area contributed by atoms with Crippen LogP contribution in [0.3, 0.4) is 0 Å². The molecule has 0 aromatic rings. The lowest BCUT2D eigenvalue weighted by Gasteiger charge is -2.33. The van der Waals surface area contributed by atoms with E-state index in [4.69, 9.17) is 0 Å². The molecular weight excluding hydrogens is 220 g/mol. The van der Waals surface area contributed by atoms with Gasteiger partial charge in [0.05, 0.1) is 6.10 Å². The molecule has 0 bridgehead atoms. The summed E-state index contributed by atoms with van der Waals surface area (Å²) >= 11 is 0. The van der Waals surface area contributed by atoms with Gasteiger partial charge in [-0.25, -0.2) is 0 Å². The van der Waals surface area contributed by atoms with Crippen molar-refractivity contribution >= 4 is 0 Å². The van der Waals surface area contributed by atoms with Crippen LogP contribution >= 0.6 is 0 Å². The van der Waals surface area contributed by atoms with Crippen molar-refractivity contribution in [3.8, 4) is 0 Å². The molecule has 1 nitrogen and oxygen atoms in total. The Labute approximate surface area is 112 Å². The lowest BCUT2D eigenvalue weighted by atomic mass is 9.72. The van der Waals surface area contributed by atoms with Crippen molar-refractivity contribution in [2.75, 3.05) is 0 Å². The van der Waals surface area contributed by atoms with E-state index in [1.807, 2.05) is 0 Å². The molecule has 0 heterocycles. The highest BCUT2D eigenvalue weighted by Crippen LogP contribution is 2.41. The van der Waals surface area contributed by atoms with E-state index in [1.54, 1.807) is 0 Å². The van der Waals surface area contributed by atoms with E-state index < -0.39 is 0 Å². The number of aliphatic hydroxyl groups excluding tert-OH is 1. The van der Waals surface area contributed by atoms with Crippen molar-refractivity contribution in [3.63, 3.8) is 0 Å². The van der Waals surface area contributed by atoms with Crippen LogP contribution in [-0.2, 0) is 0 Å². The number of allylic oxidation sites excluding steroid dienone is 3. The minimum absolute atomic E-state index is 0.231. The van der Waals surface area contributed by atoms with Gasteiger partial charge in [0.1, 0.15) is 0 Å². The summed E-state index contributed by atoms with van der Waals surface area (Å²) in [7, 11) is 0. The first kappa shape index (κ1) is 13.9. The lowest BCUT2D eigenvalue weighted by molar-refractivity contribution is 0.155. The second-order valence-electron chi connectivity index (χ2n) is 6.83. The summed E-state index contributed by atoms with van der Waals surface area (Å²) in [6.07, 6.45) is 12.8. The molecule has 0 aliphatic heterocycles. The Morgan fingerprint density at radius 2 is 1.89 bits per heavy atom. The van der Waals surface area contributed by atoms with Crippen molar-refractivity contribution in [2.45, 2.75) is 71.8 Å². The molecule has 18 heavy (non-hydrogen) atoms. The van der Waals surface area contributed by atoms with Gasteiger partial charge in [-0.2, -0.15) is 0 Å². The van der Waals surface area contributed by atoms with Crippen molar-refractivity contribution in [1.29, 1.82) is 0 Å². The molecule has 0 spiro atoms. The third kappa shape index (κ3) is 3.06. The van der Waals surface area contributed by atoms with Gasteiger partial charge in [0.25, 0.3) is 0 Å². The van der Waals surface area contributed by atoms with Gasteiger partial charge in [-0.15, -0.1) is 0 Å². The van der Waals surface area contributed by atoms with Crippen LogP contribution in [0.4, 0.5) is 0 Å². The average molecular weight is 248 g/mol. The van der Waals surface area contributed by atoms with Crippen LogP contribution in [0.5, 0.6) is 0 Å². The molecule has 1 N–H and O–H groups in total. The Kier molecular flexibility index (Phi) is 4.32. The standard InChI is InChI=1S/C17H28O/c1-13-7-6-12-17(2,3)15(13)10-11-16(18)14-8-4-5-9-14/h10-11,14,16,18H,4-9,12H2,1-3H3/b11-10+. The maximum atomic E-state index is 10.2. The van der Waals surface area contributed by atoms with Crippen LogP contribution in [0.15, 0.2) is 23.3 Å². The highest BCUT2D eigenvalue weighted by atomic mass is 16.3. The molecule has 1 saturated carbocycles. The third-order valence-electron chi connectivity index (χ3n) is 4.89. The van der Waals surface area contributed by atoms with Crippen LogP contribution in [0.1, 0.15) is 65.7 Å². The van der Waals surface area contributed by atoms with Crippen LogP contribution in [0, 0.1) is 11.3 Å². The molecule has 0 amide bonds. The fourth-order valence-corrected chi connectivity index (χ4v) is 3.66. The van der Waals surface area contributed by atoms with E-state index >= 15 is 0 Å². The maximum Gasteiger partial charge on any atom is 0.0752 e. The molecule has 1 heteroatoms. The largest absolute Gasteiger partial charge is 0.389 e. The average Bonchev–Trinajstić information content (AvgIpc) is 2.80. The van der Waals surface area contributed by atoms with Gasteiger partial charge in [0, 0.05) is 0 Å². The Morgan fingerprint density at radius 3 is 2.50 bits per heavy atom. The van der Waals surface area contributed by atoms with Crippen LogP contribution < -0.4 is 0 Å². The zero-order chi connectivity index (χ0) is 13.2. The SMILES string of the molecule is CC1=C(/C=C/C(O)C2CCCC2)C(C)(C)CCC1. The summed E-state index contributed by atoms with van der Waals surface area (Å²) in [6.45, 7) is 6.91. The predicted molar refractivity (Wildman–Crippen MR) is 77.4 cm³/mol. The molecular formula is C17H28O. The van der Waals surface area contributed by atoms with Crippen molar-refractivity contribution < 1.29 is 5.11 Å². The molecule has 1 unspecified atom stereocenters. The van der Waals surface area contributed by atoms with E-state index in [0.717, 1.165) is 0 Å². The number of rotatable bonds is 3. The Bertz CT molecular complexity index is 343. The molecule has 102 valence electrons. The van der Waals surface area contributed by atoms with Gasteiger partial charge in [0.15, 0.2) is 0 Å². The monoisotopic (exact) mass is 248 g/mol. The molecule has 2 aliphatic carbocycles. The number of hydrogen-bond acceptors (Lipinski definition) is 1. The van der Waals surface area contributed by atoms with Gasteiger partial charge in [-0.1, -0.05) is 44.4 Å². The Hall–Kier alpha value is -0.560. The van der Waals surface area contributed by atoms with Gasteiger partial charge < -0.3 is 5.11 Å². The molecule has 0 aromatic heterocycles. The first-order chi connectivity index (χ1) is 8.50. The van der Waals surface area contributed by atoms with Gasteiger partial charge >= 0.3 is 0 Å². The van der Waals surface area contributed by atoms with E-state index in [9.17, 15) is 5.11 Å². The van der Waals surface area contributed by atoms with Crippen molar-refractivity contribution in [1.82, 2.24) is 0 Å². The second kappa shape index (κ2) is 5.61. The minimum Gasteiger partial charge on any atom is -0.389 e. The molecule has 0 radical (unpaired) electrons. The Morgan fingerprint density at radius 1 is 1.22 bits per heavy atom. The van der Waals surface area contributed by atoms with E-state index in [2.05, 4.69) is 32.9 Å². The van der Waals surface area contributed by atoms with Crippen LogP contribution in [0.2, 0.25) is 0 Å². The second-order valence-corrected chi connectivity index (χ2v) is 6.83. The smallest absolute Gasteiger partial charge is 0.0752 e. The molecule has 2 rings (SSSR count). The summed E-state index contributed by atoms with van der Waals surface area (Å²) in [5.41, 5.74) is 3.26. The number of hydrogen-bond donors (Lipinski definition) is 1. The molecule has 2 aliphatic rings. The van der Waals surface area contributed by atoms with Crippen LogP contribution in [0.25, 0.3) is 0 Å². The Balaban J connectivity index is 2.06. The summed E-state index contributed by atoms with van der Waals surface area (Å²) in [4.78, 5) is 0.